The van der Waals surface area contributed by atoms with Crippen molar-refractivity contribution in [2.24, 2.45) is 4.99 Å². The largest absolute Gasteiger partial charge is 0.490 e. The van der Waals surface area contributed by atoms with Gasteiger partial charge in [-0.3, -0.25) is 0 Å². The molecule has 0 amide bonds. The van der Waals surface area contributed by atoms with Crippen LogP contribution in [-0.2, 0) is 9.53 Å². The van der Waals surface area contributed by atoms with Crippen molar-refractivity contribution in [3.8, 4) is 11.5 Å². The van der Waals surface area contributed by atoms with Crippen molar-refractivity contribution in [2.75, 3.05) is 6.61 Å². The van der Waals surface area contributed by atoms with Gasteiger partial charge in [0, 0.05) is 0 Å². The van der Waals surface area contributed by atoms with E-state index in [0.717, 1.165) is 9.13 Å². The highest BCUT2D eigenvalue weighted by Crippen LogP contribution is 2.36. The third-order valence-electron chi connectivity index (χ3n) is 3.34. The van der Waals surface area contributed by atoms with Crippen LogP contribution in [0.15, 0.2) is 45.6 Å². The van der Waals surface area contributed by atoms with Gasteiger partial charge in [0.2, 0.25) is 0 Å². The highest BCUT2D eigenvalue weighted by molar-refractivity contribution is 14.1. The first-order valence-corrected chi connectivity index (χ1v) is 9.25. The molecule has 0 fully saturated rings. The molecule has 0 saturated heterocycles. The first kappa shape index (κ1) is 18.5. The van der Waals surface area contributed by atoms with Gasteiger partial charge in [-0.1, -0.05) is 0 Å². The van der Waals surface area contributed by atoms with E-state index < -0.39 is 5.97 Å². The number of benzene rings is 1. The van der Waals surface area contributed by atoms with E-state index in [1.165, 1.54) is 6.26 Å². The monoisotopic (exact) mass is 467 g/mol. The standard InChI is InChI=1S/C19H18INO5/c1-4-23-16-10-12(8-13(20)17(16)25-11(2)3)9-14-19(22)26-18(21-14)15-6-5-7-24-15/h5-11H,4H2,1-3H3/b14-9-. The van der Waals surface area contributed by atoms with Crippen LogP contribution in [0.1, 0.15) is 32.1 Å². The van der Waals surface area contributed by atoms with E-state index in [-0.39, 0.29) is 17.7 Å². The SMILES string of the molecule is CCOc1cc(/C=C2\N=C(c3ccco3)OC2=O)cc(I)c1OC(C)C. The lowest BCUT2D eigenvalue weighted by atomic mass is 10.1. The number of aliphatic imine (C=N–C) groups is 1. The molecule has 136 valence electrons. The highest BCUT2D eigenvalue weighted by atomic mass is 127. The highest BCUT2D eigenvalue weighted by Gasteiger charge is 2.26. The predicted molar refractivity (Wildman–Crippen MR) is 105 cm³/mol. The molecule has 0 saturated carbocycles. The number of esters is 1. The van der Waals surface area contributed by atoms with E-state index in [1.54, 1.807) is 18.2 Å². The molecular weight excluding hydrogens is 449 g/mol. The van der Waals surface area contributed by atoms with Gasteiger partial charge < -0.3 is 18.6 Å². The van der Waals surface area contributed by atoms with Gasteiger partial charge in [-0.2, -0.15) is 0 Å². The maximum Gasteiger partial charge on any atom is 0.363 e. The number of rotatable bonds is 6. The van der Waals surface area contributed by atoms with Gasteiger partial charge in [0.25, 0.3) is 5.90 Å². The van der Waals surface area contributed by atoms with Gasteiger partial charge in [0.1, 0.15) is 0 Å². The number of hydrogen-bond acceptors (Lipinski definition) is 6. The van der Waals surface area contributed by atoms with E-state index in [2.05, 4.69) is 27.6 Å². The normalized spacial score (nSPS) is 15.3. The Morgan fingerprint density at radius 1 is 1.35 bits per heavy atom. The predicted octanol–water partition coefficient (Wildman–Crippen LogP) is 4.41. The molecule has 0 atom stereocenters. The van der Waals surface area contributed by atoms with E-state index in [1.807, 2.05) is 32.9 Å². The average molecular weight is 467 g/mol. The minimum Gasteiger partial charge on any atom is -0.490 e. The van der Waals surface area contributed by atoms with Gasteiger partial charge in [-0.15, -0.1) is 0 Å². The zero-order valence-electron chi connectivity index (χ0n) is 14.6. The third-order valence-corrected chi connectivity index (χ3v) is 4.14. The number of hydrogen-bond donors (Lipinski definition) is 0. The van der Waals surface area contributed by atoms with Crippen LogP contribution in [0.2, 0.25) is 0 Å². The number of carbonyl (C=O) groups is 1. The number of carbonyl (C=O) groups excluding carboxylic acids is 1. The van der Waals surface area contributed by atoms with Crippen LogP contribution in [0, 0.1) is 3.57 Å². The Morgan fingerprint density at radius 3 is 2.81 bits per heavy atom. The Labute approximate surface area is 165 Å². The molecule has 0 aliphatic carbocycles. The van der Waals surface area contributed by atoms with Gasteiger partial charge in [0.15, 0.2) is 23.0 Å². The van der Waals surface area contributed by atoms with E-state index >= 15 is 0 Å². The first-order valence-electron chi connectivity index (χ1n) is 8.17. The van der Waals surface area contributed by atoms with Crippen molar-refractivity contribution >= 4 is 40.5 Å². The topological polar surface area (TPSA) is 70.3 Å². The number of halogens is 1. The average Bonchev–Trinajstić information content (AvgIpc) is 3.21. The fraction of sp³-hybridized carbons (Fsp3) is 0.263. The maximum absolute atomic E-state index is 12.1. The summed E-state index contributed by atoms with van der Waals surface area (Å²) in [6, 6.07) is 7.12. The molecule has 0 unspecified atom stereocenters. The maximum atomic E-state index is 12.1. The summed E-state index contributed by atoms with van der Waals surface area (Å²) in [5.41, 5.74) is 0.970. The van der Waals surface area contributed by atoms with Crippen molar-refractivity contribution in [2.45, 2.75) is 26.9 Å². The molecule has 0 spiro atoms. The molecule has 26 heavy (non-hydrogen) atoms. The Balaban J connectivity index is 1.96. The van der Waals surface area contributed by atoms with E-state index in [0.29, 0.717) is 23.9 Å². The van der Waals surface area contributed by atoms with Crippen molar-refractivity contribution < 1.29 is 23.4 Å². The number of cyclic esters (lactones) is 1. The number of nitrogens with zero attached hydrogens (tertiary/aromatic N) is 1. The summed E-state index contributed by atoms with van der Waals surface area (Å²) in [7, 11) is 0. The third kappa shape index (κ3) is 4.09. The van der Waals surface area contributed by atoms with Crippen LogP contribution < -0.4 is 9.47 Å². The smallest absolute Gasteiger partial charge is 0.363 e. The lowest BCUT2D eigenvalue weighted by Gasteiger charge is -2.16. The summed E-state index contributed by atoms with van der Waals surface area (Å²) in [4.78, 5) is 16.3. The molecule has 2 aromatic rings. The molecule has 1 aromatic carbocycles. The summed E-state index contributed by atoms with van der Waals surface area (Å²) < 4.78 is 22.8. The molecule has 0 N–H and O–H groups in total. The van der Waals surface area contributed by atoms with Gasteiger partial charge in [-0.05, 0) is 79.3 Å². The zero-order valence-corrected chi connectivity index (χ0v) is 16.8. The van der Waals surface area contributed by atoms with Crippen LogP contribution >= 0.6 is 22.6 Å². The molecule has 0 bridgehead atoms. The minimum absolute atomic E-state index is 0.0252. The Kier molecular flexibility index (Phi) is 5.65. The molecule has 7 heteroatoms. The molecule has 3 rings (SSSR count). The van der Waals surface area contributed by atoms with Gasteiger partial charge in [0.05, 0.1) is 22.5 Å². The first-order chi connectivity index (χ1) is 12.5. The van der Waals surface area contributed by atoms with Crippen LogP contribution in [-0.4, -0.2) is 24.6 Å². The van der Waals surface area contributed by atoms with Gasteiger partial charge >= 0.3 is 5.97 Å². The van der Waals surface area contributed by atoms with Crippen molar-refractivity contribution in [1.82, 2.24) is 0 Å². The minimum atomic E-state index is -0.521. The quantitative estimate of drug-likeness (QED) is 0.358. The molecule has 6 nitrogen and oxygen atoms in total. The van der Waals surface area contributed by atoms with Crippen LogP contribution in [0.3, 0.4) is 0 Å². The van der Waals surface area contributed by atoms with E-state index in [4.69, 9.17) is 18.6 Å². The zero-order chi connectivity index (χ0) is 18.7. The van der Waals surface area contributed by atoms with Crippen LogP contribution in [0.25, 0.3) is 6.08 Å². The van der Waals surface area contributed by atoms with Gasteiger partial charge in [-0.25, -0.2) is 9.79 Å². The second-order valence-corrected chi connectivity index (χ2v) is 6.91. The molecule has 0 radical (unpaired) electrons. The van der Waals surface area contributed by atoms with Crippen LogP contribution in [0.5, 0.6) is 11.5 Å². The second kappa shape index (κ2) is 7.94. The second-order valence-electron chi connectivity index (χ2n) is 5.74. The van der Waals surface area contributed by atoms with Crippen molar-refractivity contribution in [3.63, 3.8) is 0 Å². The molecule has 2 heterocycles. The summed E-state index contributed by atoms with van der Waals surface area (Å²) in [5.74, 6) is 1.37. The summed E-state index contributed by atoms with van der Waals surface area (Å²) >= 11 is 2.19. The molecule has 1 aromatic heterocycles. The Hall–Kier alpha value is -2.29. The fourth-order valence-corrected chi connectivity index (χ4v) is 3.11. The van der Waals surface area contributed by atoms with Crippen molar-refractivity contribution in [1.29, 1.82) is 0 Å². The number of ether oxygens (including phenoxy) is 3. The van der Waals surface area contributed by atoms with Crippen molar-refractivity contribution in [3.05, 3.63) is 51.1 Å². The van der Waals surface area contributed by atoms with E-state index in [9.17, 15) is 4.79 Å². The lowest BCUT2D eigenvalue weighted by Crippen LogP contribution is -2.09. The lowest BCUT2D eigenvalue weighted by molar-refractivity contribution is -0.130. The summed E-state index contributed by atoms with van der Waals surface area (Å²) in [5, 5.41) is 0. The van der Waals surface area contributed by atoms with Crippen LogP contribution in [0.4, 0.5) is 0 Å². The fourth-order valence-electron chi connectivity index (χ4n) is 2.36. The summed E-state index contributed by atoms with van der Waals surface area (Å²) in [6.45, 7) is 6.33. The molecule has 1 aliphatic heterocycles. The molecular formula is C19H18INO5. The Bertz CT molecular complexity index is 868. The number of furan rings is 1. The summed E-state index contributed by atoms with van der Waals surface area (Å²) in [6.07, 6.45) is 3.18. The molecule has 1 aliphatic rings. The Morgan fingerprint density at radius 2 is 2.15 bits per heavy atom.